The van der Waals surface area contributed by atoms with E-state index < -0.39 is 0 Å². The van der Waals surface area contributed by atoms with Crippen LogP contribution in [0.1, 0.15) is 12.2 Å². The van der Waals surface area contributed by atoms with Crippen molar-refractivity contribution >= 4 is 11.8 Å². The van der Waals surface area contributed by atoms with Gasteiger partial charge in [-0.05, 0) is 6.26 Å². The van der Waals surface area contributed by atoms with Crippen LogP contribution in [-0.4, -0.2) is 17.0 Å². The number of aryl methyl sites for hydroxylation is 2. The molecule has 3 nitrogen and oxygen atoms in total. The smallest absolute Gasteiger partial charge is 0.248 e. The van der Waals surface area contributed by atoms with Crippen molar-refractivity contribution in [2.75, 3.05) is 12.0 Å². The maximum atomic E-state index is 8.45. The van der Waals surface area contributed by atoms with Crippen LogP contribution in [-0.2, 0) is 13.0 Å². The third-order valence-corrected chi connectivity index (χ3v) is 2.47. The molecule has 0 saturated heterocycles. The number of rotatable bonds is 5. The molecular weight excluding hydrogens is 182 g/mol. The van der Waals surface area contributed by atoms with Gasteiger partial charge >= 0.3 is 0 Å². The second-order valence-corrected chi connectivity index (χ2v) is 3.74. The van der Waals surface area contributed by atoms with E-state index in [4.69, 9.17) is 5.26 Å². The van der Waals surface area contributed by atoms with E-state index in [1.54, 1.807) is 0 Å². The van der Waals surface area contributed by atoms with Crippen LogP contribution in [0.5, 0.6) is 0 Å². The molecule has 0 spiro atoms. The molecule has 0 atom stereocenters. The first kappa shape index (κ1) is 10.1. The normalized spacial score (nSPS) is 9.85. The van der Waals surface area contributed by atoms with Gasteiger partial charge in [-0.1, -0.05) is 0 Å². The van der Waals surface area contributed by atoms with E-state index in [0.29, 0.717) is 6.42 Å². The first-order valence-corrected chi connectivity index (χ1v) is 5.69. The van der Waals surface area contributed by atoms with Crippen LogP contribution in [0, 0.1) is 11.3 Å². The highest BCUT2D eigenvalue weighted by atomic mass is 32.2. The number of aromatic nitrogens is 2. The minimum absolute atomic E-state index is 0.578. The molecule has 0 radical (unpaired) electrons. The van der Waals surface area contributed by atoms with Gasteiger partial charge in [-0.3, -0.25) is 0 Å². The molecule has 13 heavy (non-hydrogen) atoms. The molecular formula is C9H14N3S+. The highest BCUT2D eigenvalue weighted by molar-refractivity contribution is 7.98. The number of nitrogens with one attached hydrogen (secondary N) is 1. The number of hydrogen-bond donors (Lipinski definition) is 1. The number of hydrogen-bond acceptors (Lipinski definition) is 2. The monoisotopic (exact) mass is 196 g/mol. The Labute approximate surface area is 82.8 Å². The van der Waals surface area contributed by atoms with Gasteiger partial charge in [0.25, 0.3) is 5.82 Å². The zero-order chi connectivity index (χ0) is 9.52. The summed E-state index contributed by atoms with van der Waals surface area (Å²) in [6, 6.07) is 2.15. The molecule has 0 amide bonds. The minimum Gasteiger partial charge on any atom is -0.248 e. The number of nitriles is 1. The van der Waals surface area contributed by atoms with Gasteiger partial charge in [0.1, 0.15) is 18.9 Å². The number of aromatic amines is 1. The molecule has 1 aromatic rings. The highest BCUT2D eigenvalue weighted by Crippen LogP contribution is 1.97. The van der Waals surface area contributed by atoms with Gasteiger partial charge < -0.3 is 0 Å². The number of imidazole rings is 1. The van der Waals surface area contributed by atoms with Gasteiger partial charge in [0.15, 0.2) is 0 Å². The van der Waals surface area contributed by atoms with Gasteiger partial charge in [-0.15, -0.1) is 0 Å². The van der Waals surface area contributed by atoms with Gasteiger partial charge in [-0.2, -0.15) is 17.0 Å². The molecule has 0 fully saturated rings. The molecule has 1 aromatic heterocycles. The summed E-state index contributed by atoms with van der Waals surface area (Å²) in [5, 5.41) is 8.45. The van der Waals surface area contributed by atoms with E-state index in [1.807, 2.05) is 24.2 Å². The van der Waals surface area contributed by atoms with E-state index in [1.165, 1.54) is 5.82 Å². The predicted molar refractivity (Wildman–Crippen MR) is 53.3 cm³/mol. The lowest BCUT2D eigenvalue weighted by Crippen LogP contribution is -2.36. The fourth-order valence-corrected chi connectivity index (χ4v) is 1.59. The first-order chi connectivity index (χ1) is 6.38. The van der Waals surface area contributed by atoms with Crippen molar-refractivity contribution < 1.29 is 4.57 Å². The Morgan fingerprint density at radius 1 is 1.69 bits per heavy atom. The zero-order valence-electron chi connectivity index (χ0n) is 7.79. The predicted octanol–water partition coefficient (Wildman–Crippen LogP) is 1.12. The molecule has 1 rings (SSSR count). The van der Waals surface area contributed by atoms with Gasteiger partial charge in [0.05, 0.1) is 18.9 Å². The maximum Gasteiger partial charge on any atom is 0.255 e. The van der Waals surface area contributed by atoms with Gasteiger partial charge in [0.2, 0.25) is 0 Å². The van der Waals surface area contributed by atoms with Crippen molar-refractivity contribution in [3.8, 4) is 6.07 Å². The Morgan fingerprint density at radius 2 is 2.54 bits per heavy atom. The lowest BCUT2D eigenvalue weighted by atomic mass is 10.4. The van der Waals surface area contributed by atoms with Crippen LogP contribution >= 0.6 is 11.8 Å². The number of nitrogens with zero attached hydrogens (tertiary/aromatic N) is 2. The largest absolute Gasteiger partial charge is 0.255 e. The van der Waals surface area contributed by atoms with Crippen LogP contribution in [0.3, 0.4) is 0 Å². The second kappa shape index (κ2) is 5.65. The molecule has 0 bridgehead atoms. The summed E-state index contributed by atoms with van der Waals surface area (Å²) in [6.45, 7) is 0.795. The highest BCUT2D eigenvalue weighted by Gasteiger charge is 2.08. The second-order valence-electron chi connectivity index (χ2n) is 2.75. The first-order valence-electron chi connectivity index (χ1n) is 4.30. The van der Waals surface area contributed by atoms with E-state index in [-0.39, 0.29) is 0 Å². The maximum absolute atomic E-state index is 8.45. The van der Waals surface area contributed by atoms with E-state index in [9.17, 15) is 0 Å². The summed E-state index contributed by atoms with van der Waals surface area (Å²) in [4.78, 5) is 3.19. The Bertz CT molecular complexity index is 287. The fourth-order valence-electron chi connectivity index (χ4n) is 1.19. The Balaban J connectivity index is 2.51. The lowest BCUT2D eigenvalue weighted by molar-refractivity contribution is -0.701. The summed E-state index contributed by atoms with van der Waals surface area (Å²) in [5.74, 6) is 2.33. The van der Waals surface area contributed by atoms with Gasteiger partial charge in [-0.25, -0.2) is 9.55 Å². The van der Waals surface area contributed by atoms with E-state index in [0.717, 1.165) is 18.7 Å². The molecule has 70 valence electrons. The Hall–Kier alpha value is -0.950. The van der Waals surface area contributed by atoms with Crippen molar-refractivity contribution in [3.05, 3.63) is 18.2 Å². The number of thioether (sulfide) groups is 1. The summed E-state index contributed by atoms with van der Waals surface area (Å²) < 4.78 is 2.11. The van der Waals surface area contributed by atoms with Crippen LogP contribution in [0.4, 0.5) is 0 Å². The molecule has 0 unspecified atom stereocenters. The van der Waals surface area contributed by atoms with Crippen molar-refractivity contribution in [1.82, 2.24) is 4.98 Å². The van der Waals surface area contributed by atoms with E-state index in [2.05, 4.69) is 21.9 Å². The average Bonchev–Trinajstić information content (AvgIpc) is 2.59. The van der Waals surface area contributed by atoms with Crippen molar-refractivity contribution in [2.45, 2.75) is 19.4 Å². The lowest BCUT2D eigenvalue weighted by Gasteiger charge is -1.96. The molecule has 1 heterocycles. The Morgan fingerprint density at radius 3 is 3.23 bits per heavy atom. The van der Waals surface area contributed by atoms with E-state index >= 15 is 0 Å². The van der Waals surface area contributed by atoms with Crippen molar-refractivity contribution in [3.63, 3.8) is 0 Å². The molecule has 4 heteroatoms. The quantitative estimate of drug-likeness (QED) is 0.717. The van der Waals surface area contributed by atoms with Crippen LogP contribution in [0.25, 0.3) is 0 Å². The molecule has 0 saturated carbocycles. The summed E-state index contributed by atoms with van der Waals surface area (Å²) in [6.07, 6.45) is 7.64. The van der Waals surface area contributed by atoms with Crippen molar-refractivity contribution in [2.24, 2.45) is 0 Å². The SMILES string of the molecule is CSCCc1[nH]cc[n+]1CCC#N. The summed E-state index contributed by atoms with van der Waals surface area (Å²) in [7, 11) is 0. The van der Waals surface area contributed by atoms with Crippen LogP contribution in [0.15, 0.2) is 12.4 Å². The third-order valence-electron chi connectivity index (χ3n) is 1.86. The van der Waals surface area contributed by atoms with Crippen molar-refractivity contribution in [1.29, 1.82) is 5.26 Å². The van der Waals surface area contributed by atoms with Gasteiger partial charge in [0, 0.05) is 5.75 Å². The van der Waals surface area contributed by atoms with Crippen LogP contribution in [0.2, 0.25) is 0 Å². The molecule has 0 aliphatic heterocycles. The minimum atomic E-state index is 0.578. The average molecular weight is 196 g/mol. The Kier molecular flexibility index (Phi) is 4.41. The zero-order valence-corrected chi connectivity index (χ0v) is 8.60. The molecule has 0 aliphatic rings. The standard InChI is InChI=1S/C9H13N3S/c1-13-8-3-9-11-5-7-12(9)6-2-4-10/h5,7H,2-3,6,8H2,1H3/p+1. The molecule has 0 aliphatic carbocycles. The third kappa shape index (κ3) is 3.11. The van der Waals surface area contributed by atoms with Crippen LogP contribution < -0.4 is 4.57 Å². The molecule has 0 aromatic carbocycles. The summed E-state index contributed by atoms with van der Waals surface area (Å²) >= 11 is 1.83. The fraction of sp³-hybridized carbons (Fsp3) is 0.556. The number of H-pyrrole nitrogens is 1. The summed E-state index contributed by atoms with van der Waals surface area (Å²) in [5.41, 5.74) is 0. The molecule has 1 N–H and O–H groups in total. The topological polar surface area (TPSA) is 43.5 Å².